The van der Waals surface area contributed by atoms with E-state index in [0.29, 0.717) is 5.56 Å². The lowest BCUT2D eigenvalue weighted by Crippen LogP contribution is -2.19. The molecule has 0 amide bonds. The normalized spacial score (nSPS) is 15.4. The van der Waals surface area contributed by atoms with Crippen molar-refractivity contribution in [3.63, 3.8) is 0 Å². The third-order valence-corrected chi connectivity index (χ3v) is 2.73. The van der Waals surface area contributed by atoms with E-state index < -0.39 is 12.2 Å². The van der Waals surface area contributed by atoms with E-state index in [1.165, 1.54) is 0 Å². The molecule has 2 atom stereocenters. The Balaban J connectivity index is 2.35. The Morgan fingerprint density at radius 1 is 1.40 bits per heavy atom. The molecule has 0 spiro atoms. The molecule has 3 N–H and O–H groups in total. The molecular weight excluding hydrogens is 212 g/mol. The van der Waals surface area contributed by atoms with Crippen molar-refractivity contribution in [2.24, 2.45) is 0 Å². The maximum absolute atomic E-state index is 9.76. The summed E-state index contributed by atoms with van der Waals surface area (Å²) >= 11 is 3.94. The zero-order chi connectivity index (χ0) is 10.8. The number of aliphatic hydroxyl groups is 2. The Morgan fingerprint density at radius 3 is 2.93 bits per heavy atom. The molecule has 1 aromatic carbocycles. The van der Waals surface area contributed by atoms with Gasteiger partial charge in [0.05, 0.1) is 17.8 Å². The lowest BCUT2D eigenvalue weighted by atomic mass is 10.0. The van der Waals surface area contributed by atoms with Crippen molar-refractivity contribution < 1.29 is 10.2 Å². The number of rotatable bonds is 3. The molecule has 0 aliphatic heterocycles. The van der Waals surface area contributed by atoms with Crippen molar-refractivity contribution in [3.8, 4) is 0 Å². The van der Waals surface area contributed by atoms with Crippen LogP contribution in [-0.2, 0) is 0 Å². The molecule has 4 nitrogen and oxygen atoms in total. The van der Waals surface area contributed by atoms with Crippen molar-refractivity contribution in [2.75, 3.05) is 5.75 Å². The van der Waals surface area contributed by atoms with Gasteiger partial charge in [-0.1, -0.05) is 6.07 Å². The van der Waals surface area contributed by atoms with Gasteiger partial charge in [-0.05, 0) is 17.7 Å². The summed E-state index contributed by atoms with van der Waals surface area (Å²) in [5.74, 6) is 0.227. The molecule has 0 radical (unpaired) electrons. The van der Waals surface area contributed by atoms with E-state index in [2.05, 4.69) is 22.8 Å². The summed E-state index contributed by atoms with van der Waals surface area (Å²) in [5, 5.41) is 26.8. The van der Waals surface area contributed by atoms with Gasteiger partial charge in [-0.15, -0.1) is 0 Å². The summed E-state index contributed by atoms with van der Waals surface area (Å²) in [4.78, 5) is 0. The van der Waals surface area contributed by atoms with Gasteiger partial charge in [0.1, 0.15) is 6.10 Å². The number of aromatic nitrogens is 2. The summed E-state index contributed by atoms with van der Waals surface area (Å²) in [7, 11) is 0. The Kier molecular flexibility index (Phi) is 2.95. The fraction of sp³-hybridized carbons (Fsp3) is 0.300. The smallest absolute Gasteiger partial charge is 0.106 e. The van der Waals surface area contributed by atoms with Crippen molar-refractivity contribution in [1.29, 1.82) is 0 Å². The van der Waals surface area contributed by atoms with Crippen LogP contribution in [0.4, 0.5) is 0 Å². The highest BCUT2D eigenvalue weighted by Gasteiger charge is 2.16. The van der Waals surface area contributed by atoms with E-state index in [9.17, 15) is 10.2 Å². The molecule has 5 heteroatoms. The molecule has 15 heavy (non-hydrogen) atoms. The average Bonchev–Trinajstić information content (AvgIpc) is 2.73. The minimum Gasteiger partial charge on any atom is -0.389 e. The van der Waals surface area contributed by atoms with E-state index in [1.807, 2.05) is 6.07 Å². The van der Waals surface area contributed by atoms with Crippen molar-refractivity contribution in [3.05, 3.63) is 30.0 Å². The number of hydrogen-bond donors (Lipinski definition) is 4. The number of fused-ring (bicyclic) bond motifs is 1. The zero-order valence-electron chi connectivity index (χ0n) is 7.96. The van der Waals surface area contributed by atoms with Crippen LogP contribution in [0.5, 0.6) is 0 Å². The molecule has 0 bridgehead atoms. The summed E-state index contributed by atoms with van der Waals surface area (Å²) in [6.07, 6.45) is -0.0713. The van der Waals surface area contributed by atoms with E-state index in [1.54, 1.807) is 18.3 Å². The number of nitrogens with one attached hydrogen (secondary N) is 1. The monoisotopic (exact) mass is 224 g/mol. The summed E-state index contributed by atoms with van der Waals surface area (Å²) < 4.78 is 0. The third kappa shape index (κ3) is 1.99. The lowest BCUT2D eigenvalue weighted by Gasteiger charge is -2.15. The highest BCUT2D eigenvalue weighted by molar-refractivity contribution is 7.80. The second kappa shape index (κ2) is 4.22. The molecule has 2 aromatic rings. The first-order valence-electron chi connectivity index (χ1n) is 4.62. The van der Waals surface area contributed by atoms with Crippen LogP contribution in [-0.4, -0.2) is 32.3 Å². The van der Waals surface area contributed by atoms with Crippen LogP contribution >= 0.6 is 12.6 Å². The van der Waals surface area contributed by atoms with E-state index in [4.69, 9.17) is 0 Å². The first-order chi connectivity index (χ1) is 7.22. The van der Waals surface area contributed by atoms with E-state index >= 15 is 0 Å². The fourth-order valence-electron chi connectivity index (χ4n) is 1.47. The second-order valence-corrected chi connectivity index (χ2v) is 3.78. The van der Waals surface area contributed by atoms with Gasteiger partial charge in [0.15, 0.2) is 0 Å². The topological polar surface area (TPSA) is 69.1 Å². The number of aromatic amines is 1. The Bertz CT molecular complexity index is 457. The van der Waals surface area contributed by atoms with Gasteiger partial charge in [-0.25, -0.2) is 0 Å². The molecule has 80 valence electrons. The van der Waals surface area contributed by atoms with Crippen molar-refractivity contribution in [1.82, 2.24) is 10.2 Å². The second-order valence-electron chi connectivity index (χ2n) is 3.41. The standard InChI is InChI=1S/C10H12N2O2S/c13-9(5-15)10(14)6-1-2-8-7(3-6)4-11-12-8/h1-4,9-10,13-15H,5H2,(H,11,12). The molecule has 0 saturated carbocycles. The predicted octanol–water partition coefficient (Wildman–Crippen LogP) is 0.887. The molecule has 0 fully saturated rings. The maximum atomic E-state index is 9.76. The van der Waals surface area contributed by atoms with Gasteiger partial charge in [-0.3, -0.25) is 5.10 Å². The van der Waals surface area contributed by atoms with Crippen LogP contribution in [0.25, 0.3) is 10.9 Å². The van der Waals surface area contributed by atoms with Crippen molar-refractivity contribution in [2.45, 2.75) is 12.2 Å². The van der Waals surface area contributed by atoms with Gasteiger partial charge in [0.2, 0.25) is 0 Å². The third-order valence-electron chi connectivity index (χ3n) is 2.36. The first-order valence-corrected chi connectivity index (χ1v) is 5.25. The average molecular weight is 224 g/mol. The van der Waals surface area contributed by atoms with Gasteiger partial charge < -0.3 is 10.2 Å². The summed E-state index contributed by atoms with van der Waals surface area (Å²) in [5.41, 5.74) is 1.58. The number of thiol groups is 1. The Hall–Kier alpha value is -1.04. The minimum atomic E-state index is -0.901. The van der Waals surface area contributed by atoms with Crippen LogP contribution < -0.4 is 0 Å². The zero-order valence-corrected chi connectivity index (χ0v) is 8.85. The van der Waals surface area contributed by atoms with Gasteiger partial charge in [-0.2, -0.15) is 17.7 Å². The van der Waals surface area contributed by atoms with Crippen LogP contribution in [0.2, 0.25) is 0 Å². The van der Waals surface area contributed by atoms with Gasteiger partial charge in [0, 0.05) is 11.1 Å². The molecule has 1 aromatic heterocycles. The summed E-state index contributed by atoms with van der Waals surface area (Å²) in [6, 6.07) is 5.39. The van der Waals surface area contributed by atoms with E-state index in [-0.39, 0.29) is 5.75 Å². The number of aliphatic hydroxyl groups excluding tert-OH is 2. The Morgan fingerprint density at radius 2 is 2.20 bits per heavy atom. The molecule has 2 unspecified atom stereocenters. The molecule has 0 aliphatic rings. The highest BCUT2D eigenvalue weighted by atomic mass is 32.1. The first kappa shape index (κ1) is 10.5. The van der Waals surface area contributed by atoms with E-state index in [0.717, 1.165) is 10.9 Å². The molecular formula is C10H12N2O2S. The van der Waals surface area contributed by atoms with Crippen LogP contribution in [0.15, 0.2) is 24.4 Å². The molecule has 0 aliphatic carbocycles. The van der Waals surface area contributed by atoms with Crippen LogP contribution in [0.3, 0.4) is 0 Å². The van der Waals surface area contributed by atoms with Gasteiger partial charge in [0.25, 0.3) is 0 Å². The molecule has 2 rings (SSSR count). The quantitative estimate of drug-likeness (QED) is 0.585. The van der Waals surface area contributed by atoms with Crippen LogP contribution in [0, 0.1) is 0 Å². The number of hydrogen-bond acceptors (Lipinski definition) is 4. The maximum Gasteiger partial charge on any atom is 0.106 e. The Labute approximate surface area is 92.3 Å². The summed E-state index contributed by atoms with van der Waals surface area (Å²) in [6.45, 7) is 0. The molecule has 1 heterocycles. The largest absolute Gasteiger partial charge is 0.389 e. The predicted molar refractivity (Wildman–Crippen MR) is 60.9 cm³/mol. The number of benzene rings is 1. The lowest BCUT2D eigenvalue weighted by molar-refractivity contribution is 0.0338. The number of nitrogens with zero attached hydrogens (tertiary/aromatic N) is 1. The number of H-pyrrole nitrogens is 1. The molecule has 0 saturated heterocycles. The van der Waals surface area contributed by atoms with Crippen molar-refractivity contribution >= 4 is 23.5 Å². The SMILES string of the molecule is OC(CS)C(O)c1ccc2[nH]ncc2c1. The van der Waals surface area contributed by atoms with Gasteiger partial charge >= 0.3 is 0 Å². The minimum absolute atomic E-state index is 0.227. The highest BCUT2D eigenvalue weighted by Crippen LogP contribution is 2.21. The van der Waals surface area contributed by atoms with Crippen LogP contribution in [0.1, 0.15) is 11.7 Å². The fourth-order valence-corrected chi connectivity index (χ4v) is 1.67.